The maximum absolute atomic E-state index is 12.6. The molecule has 0 spiro atoms. The molecule has 0 aliphatic heterocycles. The molecule has 4 heteroatoms. The Morgan fingerprint density at radius 3 is 1.41 bits per heavy atom. The molecule has 0 aliphatic rings. The molecule has 0 bridgehead atoms. The van der Waals surface area contributed by atoms with Crippen LogP contribution in [0.15, 0.2) is 36.5 Å². The van der Waals surface area contributed by atoms with Crippen LogP contribution in [-0.2, 0) is 14.3 Å². The summed E-state index contributed by atoms with van der Waals surface area (Å²) in [6.07, 6.45) is 45.9. The van der Waals surface area contributed by atoms with Crippen LogP contribution in [-0.4, -0.2) is 23.1 Å². The smallest absolute Gasteiger partial charge is 0.306 e. The molecule has 0 amide bonds. The summed E-state index contributed by atoms with van der Waals surface area (Å²) in [6, 6.07) is 0. The Bertz CT molecular complexity index is 708. The van der Waals surface area contributed by atoms with Gasteiger partial charge in [-0.25, -0.2) is 0 Å². The number of hydrogen-bond acceptors (Lipinski definition) is 3. The minimum Gasteiger partial charge on any atom is -0.481 e. The molecular weight excluding hydrogens is 544 g/mol. The van der Waals surface area contributed by atoms with Gasteiger partial charge in [-0.3, -0.25) is 9.59 Å². The Morgan fingerprint density at radius 1 is 0.500 bits per heavy atom. The van der Waals surface area contributed by atoms with E-state index in [-0.39, 0.29) is 18.5 Å². The minimum atomic E-state index is -0.703. The number of esters is 1. The average molecular weight is 617 g/mol. The molecular formula is C40H72O4. The summed E-state index contributed by atoms with van der Waals surface area (Å²) in [7, 11) is 0. The van der Waals surface area contributed by atoms with Crippen molar-refractivity contribution in [1.29, 1.82) is 0 Å². The van der Waals surface area contributed by atoms with Crippen LogP contribution in [0.2, 0.25) is 0 Å². The Hall–Kier alpha value is -1.84. The summed E-state index contributed by atoms with van der Waals surface area (Å²) in [6.45, 7) is 4.50. The van der Waals surface area contributed by atoms with E-state index in [2.05, 4.69) is 50.3 Å². The van der Waals surface area contributed by atoms with Gasteiger partial charge in [0.05, 0.1) is 0 Å². The fraction of sp³-hybridized carbons (Fsp3) is 0.800. The van der Waals surface area contributed by atoms with Gasteiger partial charge in [-0.1, -0.05) is 147 Å². The second kappa shape index (κ2) is 35.6. The molecule has 0 radical (unpaired) electrons. The molecule has 0 heterocycles. The lowest BCUT2D eigenvalue weighted by Crippen LogP contribution is -2.18. The van der Waals surface area contributed by atoms with Crippen LogP contribution in [0.4, 0.5) is 0 Å². The first-order valence-electron chi connectivity index (χ1n) is 19.0. The lowest BCUT2D eigenvalue weighted by molar-refractivity contribution is -0.150. The SMILES string of the molecule is CCCCC/C=C\C/C=C\C/C=C\CCCCCCCCC(=O)OC(CCCCCCCCC)CCCCCCCC(=O)O. The van der Waals surface area contributed by atoms with Crippen LogP contribution >= 0.6 is 0 Å². The lowest BCUT2D eigenvalue weighted by atomic mass is 10.0. The summed E-state index contributed by atoms with van der Waals surface area (Å²) >= 11 is 0. The summed E-state index contributed by atoms with van der Waals surface area (Å²) in [5.41, 5.74) is 0. The number of unbranched alkanes of at least 4 members (excludes halogenated alkanes) is 19. The van der Waals surface area contributed by atoms with Gasteiger partial charge >= 0.3 is 11.9 Å². The van der Waals surface area contributed by atoms with E-state index in [1.807, 2.05) is 0 Å². The lowest BCUT2D eigenvalue weighted by Gasteiger charge is -2.18. The van der Waals surface area contributed by atoms with Crippen molar-refractivity contribution in [3.8, 4) is 0 Å². The topological polar surface area (TPSA) is 63.6 Å². The average Bonchev–Trinajstić information content (AvgIpc) is 3.00. The maximum atomic E-state index is 12.6. The summed E-state index contributed by atoms with van der Waals surface area (Å²) in [4.78, 5) is 23.3. The number of carboxylic acid groups (broad SMARTS) is 1. The Labute approximate surface area is 273 Å². The summed E-state index contributed by atoms with van der Waals surface area (Å²) < 4.78 is 5.96. The molecule has 0 aliphatic carbocycles. The van der Waals surface area contributed by atoms with Crippen LogP contribution < -0.4 is 0 Å². The molecule has 0 fully saturated rings. The van der Waals surface area contributed by atoms with Crippen LogP contribution in [0.3, 0.4) is 0 Å². The first kappa shape index (κ1) is 42.2. The molecule has 0 aromatic carbocycles. The van der Waals surface area contributed by atoms with Crippen molar-refractivity contribution >= 4 is 11.9 Å². The summed E-state index contributed by atoms with van der Waals surface area (Å²) in [5.74, 6) is -0.716. The highest BCUT2D eigenvalue weighted by atomic mass is 16.5. The van der Waals surface area contributed by atoms with Gasteiger partial charge in [0.15, 0.2) is 0 Å². The van der Waals surface area contributed by atoms with Gasteiger partial charge in [0.1, 0.15) is 6.10 Å². The van der Waals surface area contributed by atoms with E-state index >= 15 is 0 Å². The van der Waals surface area contributed by atoms with E-state index in [4.69, 9.17) is 9.84 Å². The zero-order chi connectivity index (χ0) is 32.2. The fourth-order valence-corrected chi connectivity index (χ4v) is 5.54. The standard InChI is InChI=1S/C40H72O4/c1-3-5-7-9-11-12-13-14-15-16-17-18-19-20-21-22-24-29-33-37-40(43)44-38(34-30-26-23-10-8-6-4-2)35-31-27-25-28-32-36-39(41)42/h11-12,14-15,17-18,38H,3-10,13,16,19-37H2,1-2H3,(H,41,42)/b12-11-,15-14-,18-17-. The molecule has 0 saturated heterocycles. The second-order valence-electron chi connectivity index (χ2n) is 12.8. The number of aliphatic carboxylic acids is 1. The highest BCUT2D eigenvalue weighted by Gasteiger charge is 2.14. The monoisotopic (exact) mass is 617 g/mol. The van der Waals surface area contributed by atoms with Crippen molar-refractivity contribution < 1.29 is 19.4 Å². The number of allylic oxidation sites excluding steroid dienone is 6. The van der Waals surface area contributed by atoms with Crippen molar-refractivity contribution in [1.82, 2.24) is 0 Å². The zero-order valence-electron chi connectivity index (χ0n) is 29.2. The normalized spacial score (nSPS) is 12.6. The van der Waals surface area contributed by atoms with Gasteiger partial charge in [0, 0.05) is 12.8 Å². The predicted molar refractivity (Wildman–Crippen MR) is 190 cm³/mol. The second-order valence-corrected chi connectivity index (χ2v) is 12.8. The van der Waals surface area contributed by atoms with Crippen LogP contribution in [0, 0.1) is 0 Å². The maximum Gasteiger partial charge on any atom is 0.306 e. The zero-order valence-corrected chi connectivity index (χ0v) is 29.2. The summed E-state index contributed by atoms with van der Waals surface area (Å²) in [5, 5.41) is 8.78. The highest BCUT2D eigenvalue weighted by molar-refractivity contribution is 5.69. The number of carbonyl (C=O) groups is 2. The first-order chi connectivity index (χ1) is 21.6. The highest BCUT2D eigenvalue weighted by Crippen LogP contribution is 2.18. The van der Waals surface area contributed by atoms with Crippen LogP contribution in [0.5, 0.6) is 0 Å². The van der Waals surface area contributed by atoms with Gasteiger partial charge < -0.3 is 9.84 Å². The van der Waals surface area contributed by atoms with Crippen molar-refractivity contribution in [3.05, 3.63) is 36.5 Å². The number of carbonyl (C=O) groups excluding carboxylic acids is 1. The van der Waals surface area contributed by atoms with E-state index in [0.29, 0.717) is 6.42 Å². The Morgan fingerprint density at radius 2 is 0.886 bits per heavy atom. The number of carboxylic acids is 1. The number of ether oxygens (including phenoxy) is 1. The molecule has 1 atom stereocenters. The van der Waals surface area contributed by atoms with Gasteiger partial charge in [0.25, 0.3) is 0 Å². The third kappa shape index (κ3) is 34.6. The molecule has 256 valence electrons. The number of hydrogen-bond donors (Lipinski definition) is 1. The van der Waals surface area contributed by atoms with Crippen LogP contribution in [0.25, 0.3) is 0 Å². The van der Waals surface area contributed by atoms with E-state index in [0.717, 1.165) is 77.0 Å². The van der Waals surface area contributed by atoms with Gasteiger partial charge in [0.2, 0.25) is 0 Å². The molecule has 0 rings (SSSR count). The largest absolute Gasteiger partial charge is 0.481 e. The van der Waals surface area contributed by atoms with E-state index in [1.165, 1.54) is 96.3 Å². The Kier molecular flexibility index (Phi) is 34.1. The molecule has 1 unspecified atom stereocenters. The minimum absolute atomic E-state index is 0.0124. The predicted octanol–water partition coefficient (Wildman–Crippen LogP) is 13.0. The quantitative estimate of drug-likeness (QED) is 0.0444. The van der Waals surface area contributed by atoms with Gasteiger partial charge in [-0.05, 0) is 77.0 Å². The van der Waals surface area contributed by atoms with Crippen molar-refractivity contribution in [2.24, 2.45) is 0 Å². The Balaban J connectivity index is 3.93. The van der Waals surface area contributed by atoms with Gasteiger partial charge in [-0.2, -0.15) is 0 Å². The van der Waals surface area contributed by atoms with E-state index < -0.39 is 5.97 Å². The van der Waals surface area contributed by atoms with Crippen molar-refractivity contribution in [3.63, 3.8) is 0 Å². The molecule has 0 aromatic rings. The molecule has 4 nitrogen and oxygen atoms in total. The van der Waals surface area contributed by atoms with E-state index in [9.17, 15) is 9.59 Å². The van der Waals surface area contributed by atoms with Crippen molar-refractivity contribution in [2.45, 2.75) is 206 Å². The fourth-order valence-electron chi connectivity index (χ4n) is 5.54. The number of rotatable bonds is 34. The van der Waals surface area contributed by atoms with E-state index in [1.54, 1.807) is 0 Å². The molecule has 0 aromatic heterocycles. The third-order valence-corrected chi connectivity index (χ3v) is 8.36. The molecule has 1 N–H and O–H groups in total. The third-order valence-electron chi connectivity index (χ3n) is 8.36. The van der Waals surface area contributed by atoms with Crippen LogP contribution in [0.1, 0.15) is 200 Å². The first-order valence-corrected chi connectivity index (χ1v) is 19.0. The molecule has 44 heavy (non-hydrogen) atoms. The van der Waals surface area contributed by atoms with Gasteiger partial charge in [-0.15, -0.1) is 0 Å². The van der Waals surface area contributed by atoms with Crippen molar-refractivity contribution in [2.75, 3.05) is 0 Å². The molecule has 0 saturated carbocycles.